The smallest absolute Gasteiger partial charge is 0.142 e. The fourth-order valence-electron chi connectivity index (χ4n) is 3.06. The quantitative estimate of drug-likeness (QED) is 0.791. The van der Waals surface area contributed by atoms with Crippen molar-refractivity contribution in [3.05, 3.63) is 24.3 Å². The molecule has 0 bridgehead atoms. The molecule has 1 aromatic carbocycles. The highest BCUT2D eigenvalue weighted by Gasteiger charge is 2.22. The monoisotopic (exact) mass is 292 g/mol. The fraction of sp³-hybridized carbons (Fsp3) is 0.647. The topological polar surface area (TPSA) is 58.7 Å². The normalized spacial score (nSPS) is 21.7. The number of nitrogens with two attached hydrogens (primary N) is 1. The first-order chi connectivity index (χ1) is 10.2. The minimum atomic E-state index is -0.475. The number of ether oxygens (including phenoxy) is 1. The van der Waals surface area contributed by atoms with Crippen molar-refractivity contribution in [3.8, 4) is 5.75 Å². The molecule has 2 unspecified atom stereocenters. The van der Waals surface area contributed by atoms with Crippen LogP contribution in [0.15, 0.2) is 24.3 Å². The molecule has 1 aromatic rings. The molecule has 3 N–H and O–H groups in total. The van der Waals surface area contributed by atoms with E-state index < -0.39 is 6.10 Å². The van der Waals surface area contributed by atoms with Gasteiger partial charge in [-0.3, -0.25) is 4.90 Å². The van der Waals surface area contributed by atoms with Crippen LogP contribution in [0.5, 0.6) is 5.75 Å². The summed E-state index contributed by atoms with van der Waals surface area (Å²) in [5.74, 6) is 0.652. The van der Waals surface area contributed by atoms with Crippen LogP contribution in [-0.4, -0.2) is 41.8 Å². The minimum Gasteiger partial charge on any atom is -0.489 e. The molecule has 1 aliphatic heterocycles. The van der Waals surface area contributed by atoms with E-state index in [0.29, 0.717) is 30.6 Å². The molecule has 4 nitrogen and oxygen atoms in total. The van der Waals surface area contributed by atoms with Gasteiger partial charge in [-0.2, -0.15) is 0 Å². The Balaban J connectivity index is 1.82. The summed E-state index contributed by atoms with van der Waals surface area (Å²) < 4.78 is 5.64. The largest absolute Gasteiger partial charge is 0.489 e. The average molecular weight is 292 g/mol. The molecule has 0 amide bonds. The molecule has 2 atom stereocenters. The Labute approximate surface area is 127 Å². The highest BCUT2D eigenvalue weighted by molar-refractivity contribution is 5.51. The van der Waals surface area contributed by atoms with Crippen LogP contribution in [0.25, 0.3) is 0 Å². The Morgan fingerprint density at radius 1 is 1.33 bits per heavy atom. The second kappa shape index (κ2) is 8.25. The van der Waals surface area contributed by atoms with Crippen LogP contribution in [0.3, 0.4) is 0 Å². The summed E-state index contributed by atoms with van der Waals surface area (Å²) in [5, 5.41) is 10.3. The van der Waals surface area contributed by atoms with Gasteiger partial charge in [0, 0.05) is 12.6 Å². The van der Waals surface area contributed by atoms with E-state index in [1.165, 1.54) is 25.7 Å². The number of nitrogens with zero attached hydrogens (tertiary/aromatic N) is 1. The molecule has 1 saturated heterocycles. The molecule has 1 fully saturated rings. The number of hydrogen-bond donors (Lipinski definition) is 2. The minimum absolute atomic E-state index is 0.293. The molecule has 0 aromatic heterocycles. The summed E-state index contributed by atoms with van der Waals surface area (Å²) in [6.07, 6.45) is 5.77. The van der Waals surface area contributed by atoms with Gasteiger partial charge in [0.2, 0.25) is 0 Å². The van der Waals surface area contributed by atoms with Gasteiger partial charge in [-0.25, -0.2) is 0 Å². The van der Waals surface area contributed by atoms with Gasteiger partial charge >= 0.3 is 0 Å². The zero-order valence-corrected chi connectivity index (χ0v) is 13.0. The lowest BCUT2D eigenvalue weighted by Gasteiger charge is -2.30. The number of β-amino-alcohol motifs (C(OH)–C–C–N with tert-alkyl or cyclic N) is 1. The number of para-hydroxylation sites is 2. The van der Waals surface area contributed by atoms with Gasteiger partial charge in [-0.05, 0) is 37.9 Å². The van der Waals surface area contributed by atoms with Crippen LogP contribution >= 0.6 is 0 Å². The fourth-order valence-corrected chi connectivity index (χ4v) is 3.06. The van der Waals surface area contributed by atoms with E-state index in [2.05, 4.69) is 11.8 Å². The number of likely N-dealkylation sites (tertiary alicyclic amines) is 1. The summed E-state index contributed by atoms with van der Waals surface area (Å²) >= 11 is 0. The third-order valence-corrected chi connectivity index (χ3v) is 4.27. The lowest BCUT2D eigenvalue weighted by atomic mass is 10.1. The summed E-state index contributed by atoms with van der Waals surface area (Å²) in [4.78, 5) is 2.43. The summed E-state index contributed by atoms with van der Waals surface area (Å²) in [6, 6.07) is 8.01. The van der Waals surface area contributed by atoms with Crippen molar-refractivity contribution in [1.82, 2.24) is 4.90 Å². The number of aliphatic hydroxyl groups is 1. The zero-order chi connectivity index (χ0) is 15.1. The van der Waals surface area contributed by atoms with Crippen LogP contribution in [-0.2, 0) is 0 Å². The molecule has 2 rings (SSSR count). The van der Waals surface area contributed by atoms with E-state index in [-0.39, 0.29) is 0 Å². The van der Waals surface area contributed by atoms with Gasteiger partial charge < -0.3 is 15.6 Å². The molecule has 0 saturated carbocycles. The van der Waals surface area contributed by atoms with Crippen LogP contribution < -0.4 is 10.5 Å². The van der Waals surface area contributed by atoms with Gasteiger partial charge in [-0.1, -0.05) is 31.9 Å². The van der Waals surface area contributed by atoms with Gasteiger partial charge in [-0.15, -0.1) is 0 Å². The van der Waals surface area contributed by atoms with Crippen molar-refractivity contribution in [2.75, 3.05) is 25.4 Å². The van der Waals surface area contributed by atoms with Crippen LogP contribution in [0.2, 0.25) is 0 Å². The number of benzene rings is 1. The molecule has 118 valence electrons. The molecule has 21 heavy (non-hydrogen) atoms. The van der Waals surface area contributed by atoms with Gasteiger partial charge in [0.15, 0.2) is 0 Å². The molecule has 1 heterocycles. The Morgan fingerprint density at radius 3 is 2.90 bits per heavy atom. The van der Waals surface area contributed by atoms with E-state index in [1.807, 2.05) is 24.3 Å². The summed E-state index contributed by atoms with van der Waals surface area (Å²) in [6.45, 7) is 4.30. The van der Waals surface area contributed by atoms with Crippen LogP contribution in [0.4, 0.5) is 5.69 Å². The average Bonchev–Trinajstić information content (AvgIpc) is 2.71. The van der Waals surface area contributed by atoms with Gasteiger partial charge in [0.1, 0.15) is 18.5 Å². The van der Waals surface area contributed by atoms with Crippen molar-refractivity contribution < 1.29 is 9.84 Å². The Hall–Kier alpha value is -1.26. The molecule has 0 spiro atoms. The van der Waals surface area contributed by atoms with E-state index in [1.54, 1.807) is 0 Å². The van der Waals surface area contributed by atoms with E-state index in [4.69, 9.17) is 10.5 Å². The number of aliphatic hydroxyl groups excluding tert-OH is 1. The standard InChI is InChI=1S/C17H28N2O2/c1-2-14-8-4-3-7-11-19(14)12-15(20)13-21-17-10-6-5-9-16(17)18/h5-6,9-10,14-15,20H,2-4,7-8,11-13,18H2,1H3. The molecule has 1 aliphatic rings. The van der Waals surface area contributed by atoms with Crippen molar-refractivity contribution in [1.29, 1.82) is 0 Å². The van der Waals surface area contributed by atoms with E-state index in [0.717, 1.165) is 13.0 Å². The van der Waals surface area contributed by atoms with Crippen molar-refractivity contribution in [2.24, 2.45) is 0 Å². The number of rotatable bonds is 6. The van der Waals surface area contributed by atoms with Crippen molar-refractivity contribution in [3.63, 3.8) is 0 Å². The number of anilines is 1. The highest BCUT2D eigenvalue weighted by atomic mass is 16.5. The SMILES string of the molecule is CCC1CCCCCN1CC(O)COc1ccccc1N. The second-order valence-corrected chi connectivity index (χ2v) is 5.91. The first-order valence-electron chi connectivity index (χ1n) is 8.10. The second-order valence-electron chi connectivity index (χ2n) is 5.91. The molecule has 4 heteroatoms. The van der Waals surface area contributed by atoms with E-state index >= 15 is 0 Å². The molecular formula is C17H28N2O2. The highest BCUT2D eigenvalue weighted by Crippen LogP contribution is 2.21. The Morgan fingerprint density at radius 2 is 2.14 bits per heavy atom. The lowest BCUT2D eigenvalue weighted by Crippen LogP contribution is -2.41. The third-order valence-electron chi connectivity index (χ3n) is 4.27. The zero-order valence-electron chi connectivity index (χ0n) is 13.0. The maximum absolute atomic E-state index is 10.3. The number of nitrogen functional groups attached to an aromatic ring is 1. The number of hydrogen-bond acceptors (Lipinski definition) is 4. The predicted octanol–water partition coefficient (Wildman–Crippen LogP) is 2.66. The summed E-state index contributed by atoms with van der Waals surface area (Å²) in [7, 11) is 0. The summed E-state index contributed by atoms with van der Waals surface area (Å²) in [5.41, 5.74) is 6.45. The van der Waals surface area contributed by atoms with Gasteiger partial charge in [0.25, 0.3) is 0 Å². The predicted molar refractivity (Wildman–Crippen MR) is 86.5 cm³/mol. The Kier molecular flexibility index (Phi) is 6.33. The molecule has 0 aliphatic carbocycles. The van der Waals surface area contributed by atoms with Crippen LogP contribution in [0, 0.1) is 0 Å². The lowest BCUT2D eigenvalue weighted by molar-refractivity contribution is 0.0523. The first kappa shape index (κ1) is 16.1. The van der Waals surface area contributed by atoms with Crippen LogP contribution in [0.1, 0.15) is 39.0 Å². The van der Waals surface area contributed by atoms with E-state index in [9.17, 15) is 5.11 Å². The van der Waals surface area contributed by atoms with Crippen molar-refractivity contribution >= 4 is 5.69 Å². The Bertz CT molecular complexity index is 425. The molecule has 0 radical (unpaired) electrons. The maximum atomic E-state index is 10.3. The molecular weight excluding hydrogens is 264 g/mol. The maximum Gasteiger partial charge on any atom is 0.142 e. The third kappa shape index (κ3) is 4.90. The first-order valence-corrected chi connectivity index (χ1v) is 8.10. The van der Waals surface area contributed by atoms with Crippen molar-refractivity contribution in [2.45, 2.75) is 51.2 Å². The van der Waals surface area contributed by atoms with Gasteiger partial charge in [0.05, 0.1) is 5.69 Å².